The van der Waals surface area contributed by atoms with Crippen molar-refractivity contribution in [2.75, 3.05) is 20.4 Å². The molecule has 23 heavy (non-hydrogen) atoms. The molecule has 2 rings (SSSR count). The molecule has 0 N–H and O–H groups in total. The van der Waals surface area contributed by atoms with Crippen LogP contribution >= 0.6 is 27.7 Å². The van der Waals surface area contributed by atoms with E-state index < -0.39 is 10.0 Å². The molecule has 0 fully saturated rings. The van der Waals surface area contributed by atoms with Crippen LogP contribution in [0.25, 0.3) is 0 Å². The normalized spacial score (nSPS) is 11.7. The molecule has 0 amide bonds. The molecule has 0 heterocycles. The first-order valence-electron chi connectivity index (χ1n) is 6.81. The highest BCUT2D eigenvalue weighted by Crippen LogP contribution is 2.29. The van der Waals surface area contributed by atoms with Crippen molar-refractivity contribution >= 4 is 37.7 Å². The van der Waals surface area contributed by atoms with Crippen molar-refractivity contribution in [3.8, 4) is 5.75 Å². The van der Waals surface area contributed by atoms with Gasteiger partial charge in [0.05, 0.1) is 12.0 Å². The van der Waals surface area contributed by atoms with Crippen molar-refractivity contribution < 1.29 is 13.2 Å². The Morgan fingerprint density at radius 1 is 1.17 bits per heavy atom. The van der Waals surface area contributed by atoms with E-state index in [1.807, 2.05) is 24.5 Å². The van der Waals surface area contributed by atoms with Crippen LogP contribution in [0, 0.1) is 0 Å². The van der Waals surface area contributed by atoms with Gasteiger partial charge in [0.1, 0.15) is 5.75 Å². The lowest BCUT2D eigenvalue weighted by Gasteiger charge is -2.18. The summed E-state index contributed by atoms with van der Waals surface area (Å²) in [6.45, 7) is 0.281. The fraction of sp³-hybridized carbons (Fsp3) is 0.250. The second kappa shape index (κ2) is 7.70. The molecule has 0 bridgehead atoms. The Morgan fingerprint density at radius 3 is 2.39 bits per heavy atom. The third-order valence-corrected chi connectivity index (χ3v) is 6.50. The first-order chi connectivity index (χ1) is 10.9. The van der Waals surface area contributed by atoms with Gasteiger partial charge >= 0.3 is 0 Å². The number of rotatable bonds is 6. The zero-order valence-electron chi connectivity index (χ0n) is 13.1. The Hall–Kier alpha value is -1.02. The van der Waals surface area contributed by atoms with Gasteiger partial charge < -0.3 is 4.74 Å². The lowest BCUT2D eigenvalue weighted by Crippen LogP contribution is -2.26. The van der Waals surface area contributed by atoms with E-state index in [2.05, 4.69) is 15.9 Å². The highest BCUT2D eigenvalue weighted by molar-refractivity contribution is 9.10. The Labute approximate surface area is 150 Å². The van der Waals surface area contributed by atoms with E-state index in [1.54, 1.807) is 50.2 Å². The van der Waals surface area contributed by atoms with E-state index in [0.29, 0.717) is 0 Å². The van der Waals surface area contributed by atoms with Gasteiger partial charge in [0.2, 0.25) is 10.0 Å². The second-order valence-corrected chi connectivity index (χ2v) is 8.71. The number of hydrogen-bond acceptors (Lipinski definition) is 4. The van der Waals surface area contributed by atoms with Crippen molar-refractivity contribution in [3.05, 3.63) is 52.5 Å². The van der Waals surface area contributed by atoms with Gasteiger partial charge in [-0.25, -0.2) is 8.42 Å². The standard InChI is InChI=1S/C16H18BrNO3S2/c1-18(23(19,20)14-7-5-13(17)6-8-14)11-12-4-9-16(22-3)15(10-12)21-2/h4-10H,11H2,1-3H3. The van der Waals surface area contributed by atoms with Gasteiger partial charge in [0.15, 0.2) is 0 Å². The minimum atomic E-state index is -3.52. The molecule has 2 aromatic rings. The molecule has 4 nitrogen and oxygen atoms in total. The lowest BCUT2D eigenvalue weighted by molar-refractivity contribution is 0.402. The van der Waals surface area contributed by atoms with Crippen molar-refractivity contribution in [1.29, 1.82) is 0 Å². The van der Waals surface area contributed by atoms with Crippen molar-refractivity contribution in [2.45, 2.75) is 16.3 Å². The minimum Gasteiger partial charge on any atom is -0.496 e. The predicted molar refractivity (Wildman–Crippen MR) is 97.6 cm³/mol. The van der Waals surface area contributed by atoms with Gasteiger partial charge in [-0.3, -0.25) is 0 Å². The van der Waals surface area contributed by atoms with Gasteiger partial charge in [0.25, 0.3) is 0 Å². The SMILES string of the molecule is COc1cc(CN(C)S(=O)(=O)c2ccc(Br)cc2)ccc1SC. The summed E-state index contributed by atoms with van der Waals surface area (Å²) in [5.41, 5.74) is 0.878. The van der Waals surface area contributed by atoms with E-state index in [4.69, 9.17) is 4.74 Å². The number of thioether (sulfide) groups is 1. The molecule has 7 heteroatoms. The van der Waals surface area contributed by atoms with Crippen molar-refractivity contribution in [2.24, 2.45) is 0 Å². The largest absolute Gasteiger partial charge is 0.496 e. The Morgan fingerprint density at radius 2 is 1.83 bits per heavy atom. The third-order valence-electron chi connectivity index (χ3n) is 3.38. The third kappa shape index (κ3) is 4.29. The molecule has 0 spiro atoms. The summed E-state index contributed by atoms with van der Waals surface area (Å²) >= 11 is 4.90. The number of sulfonamides is 1. The number of nitrogens with zero attached hydrogens (tertiary/aromatic N) is 1. The average molecular weight is 416 g/mol. The van der Waals surface area contributed by atoms with Crippen LogP contribution in [0.15, 0.2) is 56.7 Å². The van der Waals surface area contributed by atoms with Gasteiger partial charge in [-0.05, 0) is 48.2 Å². The fourth-order valence-electron chi connectivity index (χ4n) is 2.11. The molecule has 0 aromatic heterocycles. The maximum Gasteiger partial charge on any atom is 0.243 e. The molecule has 0 saturated carbocycles. The summed E-state index contributed by atoms with van der Waals surface area (Å²) in [7, 11) is -0.335. The maximum absolute atomic E-state index is 12.6. The van der Waals surface area contributed by atoms with Gasteiger partial charge in [0, 0.05) is 23.0 Å². The van der Waals surface area contributed by atoms with Crippen molar-refractivity contribution in [1.82, 2.24) is 4.31 Å². The fourth-order valence-corrected chi connectivity index (χ4v) is 4.08. The number of ether oxygens (including phenoxy) is 1. The van der Waals surface area contributed by atoms with Gasteiger partial charge in [-0.1, -0.05) is 22.0 Å². The smallest absolute Gasteiger partial charge is 0.243 e. The molecule has 0 atom stereocenters. The van der Waals surface area contributed by atoms with E-state index in [-0.39, 0.29) is 11.4 Å². The molecule has 0 radical (unpaired) electrons. The molecule has 0 aliphatic carbocycles. The quantitative estimate of drug-likeness (QED) is 0.668. The average Bonchev–Trinajstić information content (AvgIpc) is 2.55. The van der Waals surface area contributed by atoms with Crippen LogP contribution in [0.4, 0.5) is 0 Å². The minimum absolute atomic E-state index is 0.274. The molecule has 0 aliphatic heterocycles. The van der Waals surface area contributed by atoms with E-state index >= 15 is 0 Å². The summed E-state index contributed by atoms with van der Waals surface area (Å²) in [5.74, 6) is 0.754. The summed E-state index contributed by atoms with van der Waals surface area (Å²) in [6, 6.07) is 12.4. The van der Waals surface area contributed by atoms with E-state index in [0.717, 1.165) is 20.7 Å². The molecule has 2 aromatic carbocycles. The maximum atomic E-state index is 12.6. The monoisotopic (exact) mass is 415 g/mol. The Bertz CT molecular complexity index is 776. The number of halogens is 1. The van der Waals surface area contributed by atoms with Crippen LogP contribution in [0.5, 0.6) is 5.75 Å². The summed E-state index contributed by atoms with van der Waals surface area (Å²) in [5, 5.41) is 0. The van der Waals surface area contributed by atoms with Gasteiger partial charge in [-0.2, -0.15) is 4.31 Å². The first-order valence-corrected chi connectivity index (χ1v) is 10.3. The Balaban J connectivity index is 2.24. The molecule has 0 saturated heterocycles. The molecule has 0 unspecified atom stereocenters. The van der Waals surface area contributed by atoms with Crippen LogP contribution in [-0.2, 0) is 16.6 Å². The molecular formula is C16H18BrNO3S2. The van der Waals surface area contributed by atoms with Crippen molar-refractivity contribution in [3.63, 3.8) is 0 Å². The van der Waals surface area contributed by atoms with Gasteiger partial charge in [-0.15, -0.1) is 11.8 Å². The van der Waals surface area contributed by atoms with Crippen LogP contribution in [0.2, 0.25) is 0 Å². The second-order valence-electron chi connectivity index (χ2n) is 4.90. The first kappa shape index (κ1) is 18.3. The summed E-state index contributed by atoms with van der Waals surface area (Å²) in [6.07, 6.45) is 1.97. The zero-order chi connectivity index (χ0) is 17.0. The molecule has 124 valence electrons. The van der Waals surface area contributed by atoms with Crippen LogP contribution in [0.1, 0.15) is 5.56 Å². The molecular weight excluding hydrogens is 398 g/mol. The topological polar surface area (TPSA) is 46.6 Å². The van der Waals surface area contributed by atoms with Crippen LogP contribution in [-0.4, -0.2) is 33.1 Å². The van der Waals surface area contributed by atoms with E-state index in [9.17, 15) is 8.42 Å². The Kier molecular flexibility index (Phi) is 6.13. The highest BCUT2D eigenvalue weighted by Gasteiger charge is 2.21. The lowest BCUT2D eigenvalue weighted by atomic mass is 10.2. The van der Waals surface area contributed by atoms with E-state index in [1.165, 1.54) is 4.31 Å². The highest BCUT2D eigenvalue weighted by atomic mass is 79.9. The number of benzene rings is 2. The zero-order valence-corrected chi connectivity index (χ0v) is 16.3. The van der Waals surface area contributed by atoms with Crippen LogP contribution in [0.3, 0.4) is 0 Å². The number of hydrogen-bond donors (Lipinski definition) is 0. The molecule has 0 aliphatic rings. The predicted octanol–water partition coefficient (Wildman–Crippen LogP) is 4.00. The van der Waals surface area contributed by atoms with Crippen LogP contribution < -0.4 is 4.74 Å². The summed E-state index contributed by atoms with van der Waals surface area (Å²) in [4.78, 5) is 1.30. The summed E-state index contributed by atoms with van der Waals surface area (Å²) < 4.78 is 32.7. The number of methoxy groups -OCH3 is 1.